The lowest BCUT2D eigenvalue weighted by Crippen LogP contribution is -2.35. The number of nitrogens with zero attached hydrogens (tertiary/aromatic N) is 3. The van der Waals surface area contributed by atoms with Crippen LogP contribution in [-0.4, -0.2) is 48.7 Å². The van der Waals surface area contributed by atoms with E-state index in [1.165, 1.54) is 0 Å². The molecule has 0 spiro atoms. The quantitative estimate of drug-likeness (QED) is 0.481. The highest BCUT2D eigenvalue weighted by Crippen LogP contribution is 2.27. The highest BCUT2D eigenvalue weighted by atomic mass is 32.2. The molecular weight excluding hydrogens is 446 g/mol. The van der Waals surface area contributed by atoms with Gasteiger partial charge < -0.3 is 4.90 Å². The Morgan fingerprint density at radius 1 is 0.941 bits per heavy atom. The molecule has 1 aromatic heterocycles. The van der Waals surface area contributed by atoms with Crippen LogP contribution < -0.4 is 0 Å². The summed E-state index contributed by atoms with van der Waals surface area (Å²) in [5.74, 6) is 0.00419. The number of rotatable bonds is 8. The fourth-order valence-corrected chi connectivity index (χ4v) is 5.94. The molecule has 2 heterocycles. The molecule has 1 aliphatic rings. The van der Waals surface area contributed by atoms with Crippen molar-refractivity contribution >= 4 is 15.9 Å². The summed E-state index contributed by atoms with van der Waals surface area (Å²) in [4.78, 5) is 19.7. The summed E-state index contributed by atoms with van der Waals surface area (Å²) in [5.41, 5.74) is 2.76. The number of carbonyl (C=O) groups is 1. The molecule has 2 aromatic carbocycles. The first kappa shape index (κ1) is 24.1. The van der Waals surface area contributed by atoms with Gasteiger partial charge in [-0.1, -0.05) is 55.0 Å². The maximum absolute atomic E-state index is 13.1. The molecule has 0 saturated carbocycles. The number of hydrogen-bond acceptors (Lipinski definition) is 4. The summed E-state index contributed by atoms with van der Waals surface area (Å²) in [6.07, 6.45) is 5.51. The Morgan fingerprint density at radius 2 is 1.62 bits per heavy atom. The third-order valence-electron chi connectivity index (χ3n) is 6.37. The van der Waals surface area contributed by atoms with Crippen molar-refractivity contribution in [1.29, 1.82) is 0 Å². The summed E-state index contributed by atoms with van der Waals surface area (Å²) < 4.78 is 27.3. The van der Waals surface area contributed by atoms with Crippen molar-refractivity contribution in [2.75, 3.05) is 20.1 Å². The van der Waals surface area contributed by atoms with Crippen molar-refractivity contribution < 1.29 is 13.2 Å². The monoisotopic (exact) mass is 477 g/mol. The van der Waals surface area contributed by atoms with Gasteiger partial charge in [0.25, 0.3) is 0 Å². The molecule has 178 valence electrons. The summed E-state index contributed by atoms with van der Waals surface area (Å²) in [6.45, 7) is 1.17. The molecule has 1 unspecified atom stereocenters. The second-order valence-corrected chi connectivity index (χ2v) is 10.6. The average Bonchev–Trinajstić information content (AvgIpc) is 2.89. The van der Waals surface area contributed by atoms with Gasteiger partial charge >= 0.3 is 0 Å². The lowest BCUT2D eigenvalue weighted by molar-refractivity contribution is -0.131. The van der Waals surface area contributed by atoms with Gasteiger partial charge in [0.2, 0.25) is 15.9 Å². The van der Waals surface area contributed by atoms with Crippen molar-refractivity contribution in [3.8, 4) is 0 Å². The molecule has 0 aliphatic carbocycles. The van der Waals surface area contributed by atoms with E-state index in [4.69, 9.17) is 0 Å². The smallest absolute Gasteiger partial charge is 0.243 e. The topological polar surface area (TPSA) is 70.6 Å². The third-order valence-corrected chi connectivity index (χ3v) is 8.28. The van der Waals surface area contributed by atoms with Crippen molar-refractivity contribution in [1.82, 2.24) is 14.2 Å². The van der Waals surface area contributed by atoms with E-state index >= 15 is 0 Å². The fraction of sp³-hybridized carbons (Fsp3) is 0.333. The normalized spacial score (nSPS) is 15.6. The molecule has 1 saturated heterocycles. The van der Waals surface area contributed by atoms with Gasteiger partial charge in [-0.15, -0.1) is 0 Å². The summed E-state index contributed by atoms with van der Waals surface area (Å²) >= 11 is 0. The maximum atomic E-state index is 13.1. The van der Waals surface area contributed by atoms with E-state index in [2.05, 4.69) is 4.98 Å². The van der Waals surface area contributed by atoms with Gasteiger partial charge in [-0.25, -0.2) is 8.42 Å². The predicted molar refractivity (Wildman–Crippen MR) is 133 cm³/mol. The van der Waals surface area contributed by atoms with Crippen LogP contribution in [0.25, 0.3) is 0 Å². The highest BCUT2D eigenvalue weighted by molar-refractivity contribution is 7.89. The van der Waals surface area contributed by atoms with Crippen LogP contribution in [0.5, 0.6) is 0 Å². The Morgan fingerprint density at radius 3 is 2.26 bits per heavy atom. The Labute approximate surface area is 202 Å². The first-order valence-electron chi connectivity index (χ1n) is 11.8. The minimum atomic E-state index is -3.44. The van der Waals surface area contributed by atoms with Crippen molar-refractivity contribution in [2.24, 2.45) is 0 Å². The van der Waals surface area contributed by atoms with E-state index in [0.717, 1.165) is 36.1 Å². The molecule has 0 radical (unpaired) electrons. The van der Waals surface area contributed by atoms with E-state index < -0.39 is 10.0 Å². The van der Waals surface area contributed by atoms with Crippen LogP contribution in [-0.2, 0) is 21.2 Å². The molecule has 1 amide bonds. The Kier molecular flexibility index (Phi) is 7.75. The number of pyridine rings is 1. The third kappa shape index (κ3) is 5.54. The van der Waals surface area contributed by atoms with Gasteiger partial charge in [0.1, 0.15) is 0 Å². The SMILES string of the molecule is CN(C(=O)CCc1ccc(S(=O)(=O)N2CCCCC2)cc1)C(c1ccccc1)c1ccccn1. The molecule has 34 heavy (non-hydrogen) atoms. The van der Waals surface area contributed by atoms with Gasteiger partial charge in [-0.2, -0.15) is 4.31 Å². The van der Waals surface area contributed by atoms with Crippen LogP contribution in [0.4, 0.5) is 0 Å². The van der Waals surface area contributed by atoms with Gasteiger partial charge in [0.05, 0.1) is 16.6 Å². The molecule has 0 N–H and O–H groups in total. The molecule has 4 rings (SSSR count). The highest BCUT2D eigenvalue weighted by Gasteiger charge is 2.26. The zero-order chi connectivity index (χ0) is 24.0. The van der Waals surface area contributed by atoms with Gasteiger partial charge in [-0.3, -0.25) is 9.78 Å². The number of piperidine rings is 1. The van der Waals surface area contributed by atoms with Crippen LogP contribution in [0.15, 0.2) is 83.9 Å². The Bertz CT molecular complexity index is 1140. The predicted octanol–water partition coefficient (Wildman–Crippen LogP) is 4.44. The van der Waals surface area contributed by atoms with Crippen LogP contribution in [0.1, 0.15) is 48.5 Å². The van der Waals surface area contributed by atoms with Gasteiger partial charge in [0, 0.05) is 32.8 Å². The van der Waals surface area contributed by atoms with Crippen LogP contribution >= 0.6 is 0 Å². The lowest BCUT2D eigenvalue weighted by atomic mass is 10.0. The average molecular weight is 478 g/mol. The number of hydrogen-bond donors (Lipinski definition) is 0. The molecule has 1 fully saturated rings. The number of aryl methyl sites for hydroxylation is 1. The van der Waals surface area contributed by atoms with E-state index in [1.54, 1.807) is 27.5 Å². The molecule has 3 aromatic rings. The second-order valence-electron chi connectivity index (χ2n) is 8.68. The Hall–Kier alpha value is -3.03. The summed E-state index contributed by atoms with van der Waals surface area (Å²) in [7, 11) is -1.64. The second kappa shape index (κ2) is 10.9. The number of aromatic nitrogens is 1. The Balaban J connectivity index is 1.43. The largest absolute Gasteiger partial charge is 0.333 e. The lowest BCUT2D eigenvalue weighted by Gasteiger charge is -2.28. The van der Waals surface area contributed by atoms with E-state index in [1.807, 2.05) is 67.7 Å². The molecule has 1 atom stereocenters. The zero-order valence-electron chi connectivity index (χ0n) is 19.5. The van der Waals surface area contributed by atoms with Crippen molar-refractivity contribution in [3.05, 3.63) is 95.8 Å². The number of carbonyl (C=O) groups excluding carboxylic acids is 1. The van der Waals surface area contributed by atoms with Gasteiger partial charge in [-0.05, 0) is 54.7 Å². The fourth-order valence-electron chi connectivity index (χ4n) is 4.42. The van der Waals surface area contributed by atoms with Crippen molar-refractivity contribution in [2.45, 2.75) is 43.0 Å². The maximum Gasteiger partial charge on any atom is 0.243 e. The van der Waals surface area contributed by atoms with Crippen LogP contribution in [0.2, 0.25) is 0 Å². The zero-order valence-corrected chi connectivity index (χ0v) is 20.3. The molecular formula is C27H31N3O3S. The summed E-state index contributed by atoms with van der Waals surface area (Å²) in [5, 5.41) is 0. The van der Waals surface area contributed by atoms with Gasteiger partial charge in [0.15, 0.2) is 0 Å². The molecule has 1 aliphatic heterocycles. The molecule has 0 bridgehead atoms. The first-order chi connectivity index (χ1) is 16.5. The molecule has 7 heteroatoms. The number of amides is 1. The van der Waals surface area contributed by atoms with E-state index in [9.17, 15) is 13.2 Å². The van der Waals surface area contributed by atoms with Crippen LogP contribution in [0, 0.1) is 0 Å². The van der Waals surface area contributed by atoms with E-state index in [-0.39, 0.29) is 11.9 Å². The molecule has 6 nitrogen and oxygen atoms in total. The summed E-state index contributed by atoms with van der Waals surface area (Å²) in [6, 6.07) is 22.3. The van der Waals surface area contributed by atoms with Crippen LogP contribution in [0.3, 0.4) is 0 Å². The first-order valence-corrected chi connectivity index (χ1v) is 13.2. The van der Waals surface area contributed by atoms with E-state index in [0.29, 0.717) is 30.8 Å². The standard InChI is InChI=1S/C27H31N3O3S/c1-29(27(23-10-4-2-5-11-23)25-12-6-7-19-28-25)26(31)18-15-22-13-16-24(17-14-22)34(32,33)30-20-8-3-9-21-30/h2,4-7,10-14,16-17,19,27H,3,8-9,15,18,20-21H2,1H3. The minimum absolute atomic E-state index is 0.00419. The van der Waals surface area contributed by atoms with Crippen molar-refractivity contribution in [3.63, 3.8) is 0 Å². The minimum Gasteiger partial charge on any atom is -0.333 e. The number of benzene rings is 2. The number of sulfonamides is 1.